The lowest BCUT2D eigenvalue weighted by molar-refractivity contribution is 0.585. The van der Waals surface area contributed by atoms with Crippen LogP contribution in [-0.4, -0.2) is 16.5 Å². The topological polar surface area (TPSA) is 41.1 Å². The summed E-state index contributed by atoms with van der Waals surface area (Å²) in [7, 11) is 0. The van der Waals surface area contributed by atoms with Crippen LogP contribution in [0.15, 0.2) is 36.4 Å². The Kier molecular flexibility index (Phi) is 4.90. The molecule has 4 nitrogen and oxygen atoms in total. The normalized spacial score (nSPS) is 15.9. The molecule has 7 heteroatoms. The fraction of sp³-hybridized carbons (Fsp3) is 0.273. The van der Waals surface area contributed by atoms with Gasteiger partial charge in [-0.05, 0) is 62.6 Å². The summed E-state index contributed by atoms with van der Waals surface area (Å²) in [6.45, 7) is 6.54. The molecule has 29 heavy (non-hydrogen) atoms. The summed E-state index contributed by atoms with van der Waals surface area (Å²) in [5, 5.41) is 2.85. The van der Waals surface area contributed by atoms with E-state index in [0.29, 0.717) is 13.0 Å². The molecule has 2 aromatic carbocycles. The SMILES string of the molecule is Cc1nc(Nc2ccc(F)cc2F)nc(N2CCc3cc(F)ccc3C2C)c1C. The number of hydrogen-bond donors (Lipinski definition) is 1. The monoisotopic (exact) mass is 398 g/mol. The van der Waals surface area contributed by atoms with Gasteiger partial charge in [0, 0.05) is 23.9 Å². The van der Waals surface area contributed by atoms with Gasteiger partial charge in [0.05, 0.1) is 11.7 Å². The lowest BCUT2D eigenvalue weighted by Crippen LogP contribution is -2.35. The molecule has 2 heterocycles. The summed E-state index contributed by atoms with van der Waals surface area (Å²) < 4.78 is 40.8. The second-order valence-electron chi connectivity index (χ2n) is 7.29. The number of anilines is 3. The van der Waals surface area contributed by atoms with Gasteiger partial charge in [0.15, 0.2) is 0 Å². The number of aromatic nitrogens is 2. The Morgan fingerprint density at radius 1 is 1.00 bits per heavy atom. The van der Waals surface area contributed by atoms with Gasteiger partial charge < -0.3 is 10.2 Å². The van der Waals surface area contributed by atoms with Crippen molar-refractivity contribution in [2.24, 2.45) is 0 Å². The van der Waals surface area contributed by atoms with Gasteiger partial charge in [0.25, 0.3) is 0 Å². The zero-order valence-corrected chi connectivity index (χ0v) is 16.4. The Bertz CT molecular complexity index is 1080. The largest absolute Gasteiger partial charge is 0.349 e. The molecule has 0 radical (unpaired) electrons. The first kappa shape index (κ1) is 19.2. The van der Waals surface area contributed by atoms with Gasteiger partial charge in [-0.15, -0.1) is 0 Å². The minimum Gasteiger partial charge on any atom is -0.349 e. The van der Waals surface area contributed by atoms with Crippen LogP contribution in [-0.2, 0) is 6.42 Å². The summed E-state index contributed by atoms with van der Waals surface area (Å²) in [4.78, 5) is 11.2. The number of aryl methyl sites for hydroxylation is 1. The highest BCUT2D eigenvalue weighted by molar-refractivity contribution is 5.60. The second-order valence-corrected chi connectivity index (χ2v) is 7.29. The zero-order chi connectivity index (χ0) is 20.7. The smallest absolute Gasteiger partial charge is 0.229 e. The summed E-state index contributed by atoms with van der Waals surface area (Å²) in [6, 6.07) is 8.19. The molecule has 1 aliphatic heterocycles. The summed E-state index contributed by atoms with van der Waals surface area (Å²) in [6.07, 6.45) is 0.704. The third-order valence-corrected chi connectivity index (χ3v) is 5.46. The number of rotatable bonds is 3. The van der Waals surface area contributed by atoms with Gasteiger partial charge in [-0.25, -0.2) is 18.2 Å². The fourth-order valence-electron chi connectivity index (χ4n) is 3.75. The summed E-state index contributed by atoms with van der Waals surface area (Å²) in [5.41, 5.74) is 3.86. The van der Waals surface area contributed by atoms with E-state index < -0.39 is 11.6 Å². The highest BCUT2D eigenvalue weighted by atomic mass is 19.1. The average molecular weight is 398 g/mol. The maximum atomic E-state index is 14.0. The van der Waals surface area contributed by atoms with Crippen molar-refractivity contribution < 1.29 is 13.2 Å². The molecule has 150 valence electrons. The van der Waals surface area contributed by atoms with Gasteiger partial charge in [0.1, 0.15) is 23.3 Å². The minimum absolute atomic E-state index is 0.00255. The van der Waals surface area contributed by atoms with Crippen molar-refractivity contribution in [3.05, 3.63) is 76.2 Å². The minimum atomic E-state index is -0.712. The van der Waals surface area contributed by atoms with Gasteiger partial charge in [0.2, 0.25) is 5.95 Å². The second kappa shape index (κ2) is 7.39. The molecule has 1 unspecified atom stereocenters. The van der Waals surface area contributed by atoms with Gasteiger partial charge in [-0.3, -0.25) is 0 Å². The standard InChI is InChI=1S/C22H21F3N4/c1-12-13(2)26-22(27-20-7-5-17(24)11-19(20)25)28-21(12)29-9-8-15-10-16(23)4-6-18(15)14(29)3/h4-7,10-11,14H,8-9H2,1-3H3,(H,26,27,28). The Hall–Kier alpha value is -3.09. The Balaban J connectivity index is 1.70. The lowest BCUT2D eigenvalue weighted by atomic mass is 9.93. The van der Waals surface area contributed by atoms with Crippen LogP contribution in [0, 0.1) is 31.3 Å². The van der Waals surface area contributed by atoms with E-state index in [1.165, 1.54) is 18.2 Å². The van der Waals surface area contributed by atoms with Crippen LogP contribution < -0.4 is 10.2 Å². The van der Waals surface area contributed by atoms with E-state index >= 15 is 0 Å². The lowest BCUT2D eigenvalue weighted by Gasteiger charge is -2.37. The van der Waals surface area contributed by atoms with Crippen molar-refractivity contribution in [1.29, 1.82) is 0 Å². The van der Waals surface area contributed by atoms with E-state index in [1.807, 2.05) is 19.9 Å². The molecule has 0 spiro atoms. The van der Waals surface area contributed by atoms with Crippen LogP contribution in [0.3, 0.4) is 0 Å². The van der Waals surface area contributed by atoms with Crippen LogP contribution in [0.4, 0.5) is 30.6 Å². The van der Waals surface area contributed by atoms with E-state index in [2.05, 4.69) is 27.1 Å². The van der Waals surface area contributed by atoms with E-state index in [9.17, 15) is 13.2 Å². The predicted octanol–water partition coefficient (Wildman–Crippen LogP) is 5.38. The van der Waals surface area contributed by atoms with Crippen molar-refractivity contribution in [2.45, 2.75) is 33.2 Å². The summed E-state index contributed by atoms with van der Waals surface area (Å²) in [5.74, 6) is -0.607. The Morgan fingerprint density at radius 2 is 1.72 bits per heavy atom. The maximum Gasteiger partial charge on any atom is 0.229 e. The molecule has 1 N–H and O–H groups in total. The molecular weight excluding hydrogens is 377 g/mol. The van der Waals surface area contributed by atoms with Crippen molar-refractivity contribution in [2.75, 3.05) is 16.8 Å². The molecule has 0 fully saturated rings. The molecule has 0 saturated heterocycles. The van der Waals surface area contributed by atoms with Crippen molar-refractivity contribution in [3.63, 3.8) is 0 Å². The molecule has 0 aliphatic carbocycles. The molecule has 0 saturated carbocycles. The van der Waals surface area contributed by atoms with Gasteiger partial charge in [-0.1, -0.05) is 6.07 Å². The van der Waals surface area contributed by atoms with Gasteiger partial charge in [-0.2, -0.15) is 4.98 Å². The van der Waals surface area contributed by atoms with Crippen molar-refractivity contribution >= 4 is 17.5 Å². The maximum absolute atomic E-state index is 14.0. The Labute approximate surface area is 167 Å². The molecule has 0 amide bonds. The van der Waals surface area contributed by atoms with Crippen LogP contribution in [0.2, 0.25) is 0 Å². The number of benzene rings is 2. The number of nitrogens with zero attached hydrogens (tertiary/aromatic N) is 3. The molecule has 1 atom stereocenters. The van der Waals surface area contributed by atoms with Crippen LogP contribution in [0.25, 0.3) is 0 Å². The molecule has 3 aromatic rings. The highest BCUT2D eigenvalue weighted by Crippen LogP contribution is 2.35. The van der Waals surface area contributed by atoms with Gasteiger partial charge >= 0.3 is 0 Å². The van der Waals surface area contributed by atoms with Crippen LogP contribution in [0.5, 0.6) is 0 Å². The third-order valence-electron chi connectivity index (χ3n) is 5.46. The number of halogens is 3. The quantitative estimate of drug-likeness (QED) is 0.643. The van der Waals surface area contributed by atoms with E-state index in [-0.39, 0.29) is 23.5 Å². The van der Waals surface area contributed by atoms with Crippen molar-refractivity contribution in [3.8, 4) is 0 Å². The van der Waals surface area contributed by atoms with E-state index in [4.69, 9.17) is 0 Å². The highest BCUT2D eigenvalue weighted by Gasteiger charge is 2.27. The molecule has 0 bridgehead atoms. The number of hydrogen-bond acceptors (Lipinski definition) is 4. The molecule has 4 rings (SSSR count). The first-order valence-corrected chi connectivity index (χ1v) is 9.46. The predicted molar refractivity (Wildman–Crippen MR) is 107 cm³/mol. The van der Waals surface area contributed by atoms with E-state index in [0.717, 1.165) is 34.3 Å². The average Bonchev–Trinajstić information content (AvgIpc) is 2.67. The number of nitrogens with one attached hydrogen (secondary N) is 1. The van der Waals surface area contributed by atoms with E-state index in [1.54, 1.807) is 6.07 Å². The molecular formula is C22H21F3N4. The van der Waals surface area contributed by atoms with Crippen LogP contribution in [0.1, 0.15) is 35.3 Å². The molecule has 1 aromatic heterocycles. The van der Waals surface area contributed by atoms with Crippen molar-refractivity contribution in [1.82, 2.24) is 9.97 Å². The molecule has 1 aliphatic rings. The number of fused-ring (bicyclic) bond motifs is 1. The fourth-order valence-corrected chi connectivity index (χ4v) is 3.75. The first-order valence-electron chi connectivity index (χ1n) is 9.46. The van der Waals surface area contributed by atoms with Crippen LogP contribution >= 0.6 is 0 Å². The zero-order valence-electron chi connectivity index (χ0n) is 16.4. The summed E-state index contributed by atoms with van der Waals surface area (Å²) >= 11 is 0. The Morgan fingerprint density at radius 3 is 2.48 bits per heavy atom. The third kappa shape index (κ3) is 3.64. The first-order chi connectivity index (χ1) is 13.8.